The van der Waals surface area contributed by atoms with Crippen LogP contribution in [0.3, 0.4) is 0 Å². The predicted molar refractivity (Wildman–Crippen MR) is 68.1 cm³/mol. The quantitative estimate of drug-likeness (QED) is 0.846. The molecule has 17 heavy (non-hydrogen) atoms. The largest absolute Gasteiger partial charge is 0.497 e. The molecule has 2 rings (SSSR count). The van der Waals surface area contributed by atoms with Crippen molar-refractivity contribution in [1.29, 1.82) is 0 Å². The van der Waals surface area contributed by atoms with E-state index in [0.29, 0.717) is 12.5 Å². The fraction of sp³-hybridized carbons (Fsp3) is 0.571. The van der Waals surface area contributed by atoms with Crippen LogP contribution in [0.25, 0.3) is 0 Å². The lowest BCUT2D eigenvalue weighted by Gasteiger charge is -2.16. The van der Waals surface area contributed by atoms with Gasteiger partial charge >= 0.3 is 0 Å². The zero-order chi connectivity index (χ0) is 12.1. The molecular formula is C14H21NO2. The molecule has 1 N–H and O–H groups in total. The third-order valence-electron chi connectivity index (χ3n) is 3.47. The average molecular weight is 235 g/mol. The van der Waals surface area contributed by atoms with Gasteiger partial charge in [0.15, 0.2) is 0 Å². The molecule has 0 saturated carbocycles. The summed E-state index contributed by atoms with van der Waals surface area (Å²) in [4.78, 5) is 2.46. The summed E-state index contributed by atoms with van der Waals surface area (Å²) < 4.78 is 5.15. The van der Waals surface area contributed by atoms with Crippen LogP contribution in [0.2, 0.25) is 0 Å². The molecule has 3 heteroatoms. The van der Waals surface area contributed by atoms with Crippen LogP contribution in [0.1, 0.15) is 18.4 Å². The first-order chi connectivity index (χ1) is 8.31. The standard InChI is InChI=1S/C14H21NO2/c1-17-14-4-2-12(3-5-14)10-15-8-6-13(11-15)7-9-16/h2-5,13,16H,6-11H2,1H3. The van der Waals surface area contributed by atoms with E-state index >= 15 is 0 Å². The first kappa shape index (κ1) is 12.4. The third kappa shape index (κ3) is 3.45. The second kappa shape index (κ2) is 6.03. The molecule has 1 aromatic carbocycles. The summed E-state index contributed by atoms with van der Waals surface area (Å²) in [5.41, 5.74) is 1.33. The molecule has 1 heterocycles. The molecule has 1 fully saturated rings. The number of likely N-dealkylation sites (tertiary alicyclic amines) is 1. The minimum Gasteiger partial charge on any atom is -0.497 e. The highest BCUT2D eigenvalue weighted by atomic mass is 16.5. The fourth-order valence-electron chi connectivity index (χ4n) is 2.46. The van der Waals surface area contributed by atoms with E-state index in [4.69, 9.17) is 9.84 Å². The second-order valence-corrected chi connectivity index (χ2v) is 4.75. The summed E-state index contributed by atoms with van der Waals surface area (Å²) in [5, 5.41) is 8.93. The van der Waals surface area contributed by atoms with Crippen LogP contribution < -0.4 is 4.74 Å². The summed E-state index contributed by atoms with van der Waals surface area (Å²) in [6.45, 7) is 3.59. The molecule has 3 nitrogen and oxygen atoms in total. The van der Waals surface area contributed by atoms with E-state index in [1.165, 1.54) is 12.0 Å². The second-order valence-electron chi connectivity index (χ2n) is 4.75. The summed E-state index contributed by atoms with van der Waals surface area (Å²) in [7, 11) is 1.69. The highest BCUT2D eigenvalue weighted by Gasteiger charge is 2.21. The van der Waals surface area contributed by atoms with Crippen molar-refractivity contribution in [3.63, 3.8) is 0 Å². The van der Waals surface area contributed by atoms with Gasteiger partial charge in [-0.05, 0) is 43.0 Å². The van der Waals surface area contributed by atoms with E-state index in [9.17, 15) is 0 Å². The van der Waals surface area contributed by atoms with Crippen LogP contribution in [-0.4, -0.2) is 36.8 Å². The Hall–Kier alpha value is -1.06. The molecular weight excluding hydrogens is 214 g/mol. The molecule has 0 spiro atoms. The SMILES string of the molecule is COc1ccc(CN2CCC(CCO)C2)cc1. The van der Waals surface area contributed by atoms with Gasteiger partial charge in [-0.1, -0.05) is 12.1 Å². The van der Waals surface area contributed by atoms with Gasteiger partial charge in [-0.3, -0.25) is 4.90 Å². The fourth-order valence-corrected chi connectivity index (χ4v) is 2.46. The first-order valence-electron chi connectivity index (χ1n) is 6.28. The normalized spacial score (nSPS) is 20.7. The molecule has 0 aliphatic carbocycles. The van der Waals surface area contributed by atoms with E-state index < -0.39 is 0 Å². The zero-order valence-electron chi connectivity index (χ0n) is 10.4. The minimum atomic E-state index is 0.320. The van der Waals surface area contributed by atoms with Crippen LogP contribution in [0.5, 0.6) is 5.75 Å². The van der Waals surface area contributed by atoms with Gasteiger partial charge in [0.25, 0.3) is 0 Å². The van der Waals surface area contributed by atoms with E-state index in [0.717, 1.165) is 31.8 Å². The van der Waals surface area contributed by atoms with Gasteiger partial charge in [-0.2, -0.15) is 0 Å². The first-order valence-corrected chi connectivity index (χ1v) is 6.28. The molecule has 1 atom stereocenters. The molecule has 0 radical (unpaired) electrons. The van der Waals surface area contributed by atoms with Gasteiger partial charge in [0, 0.05) is 19.7 Å². The smallest absolute Gasteiger partial charge is 0.118 e. The predicted octanol–water partition coefficient (Wildman–Crippen LogP) is 1.90. The van der Waals surface area contributed by atoms with Crippen LogP contribution in [0, 0.1) is 5.92 Å². The van der Waals surface area contributed by atoms with Crippen LogP contribution in [0.4, 0.5) is 0 Å². The van der Waals surface area contributed by atoms with Gasteiger partial charge < -0.3 is 9.84 Å². The Labute approximate surface area is 103 Å². The van der Waals surface area contributed by atoms with Gasteiger partial charge in [0.1, 0.15) is 5.75 Å². The Bertz CT molecular complexity index is 337. The minimum absolute atomic E-state index is 0.320. The molecule has 0 amide bonds. The number of aliphatic hydroxyl groups is 1. The molecule has 1 aliphatic heterocycles. The molecule has 0 bridgehead atoms. The Morgan fingerprint density at radius 1 is 1.35 bits per heavy atom. The number of methoxy groups -OCH3 is 1. The maximum atomic E-state index is 8.93. The number of nitrogens with zero attached hydrogens (tertiary/aromatic N) is 1. The average Bonchev–Trinajstić information content (AvgIpc) is 2.78. The van der Waals surface area contributed by atoms with E-state index in [2.05, 4.69) is 17.0 Å². The van der Waals surface area contributed by atoms with Gasteiger partial charge in [-0.15, -0.1) is 0 Å². The number of hydrogen-bond donors (Lipinski definition) is 1. The van der Waals surface area contributed by atoms with Crippen molar-refractivity contribution >= 4 is 0 Å². The van der Waals surface area contributed by atoms with Crippen molar-refractivity contribution in [2.75, 3.05) is 26.8 Å². The lowest BCUT2D eigenvalue weighted by molar-refractivity contribution is 0.249. The summed E-state index contributed by atoms with van der Waals surface area (Å²) in [6, 6.07) is 8.27. The number of hydrogen-bond acceptors (Lipinski definition) is 3. The van der Waals surface area contributed by atoms with Crippen LogP contribution >= 0.6 is 0 Å². The molecule has 1 aliphatic rings. The molecule has 0 aromatic heterocycles. The monoisotopic (exact) mass is 235 g/mol. The van der Waals surface area contributed by atoms with E-state index in [1.807, 2.05) is 12.1 Å². The summed E-state index contributed by atoms with van der Waals surface area (Å²) in [5.74, 6) is 1.59. The van der Waals surface area contributed by atoms with Gasteiger partial charge in [-0.25, -0.2) is 0 Å². The molecule has 1 unspecified atom stereocenters. The lowest BCUT2D eigenvalue weighted by atomic mass is 10.1. The number of benzene rings is 1. The molecule has 1 aromatic rings. The van der Waals surface area contributed by atoms with Crippen molar-refractivity contribution in [2.45, 2.75) is 19.4 Å². The van der Waals surface area contributed by atoms with E-state index in [1.54, 1.807) is 7.11 Å². The van der Waals surface area contributed by atoms with Gasteiger partial charge in [0.2, 0.25) is 0 Å². The Morgan fingerprint density at radius 3 is 2.76 bits per heavy atom. The Morgan fingerprint density at radius 2 is 2.12 bits per heavy atom. The topological polar surface area (TPSA) is 32.7 Å². The Kier molecular flexibility index (Phi) is 4.40. The van der Waals surface area contributed by atoms with Crippen molar-refractivity contribution in [2.24, 2.45) is 5.92 Å². The zero-order valence-corrected chi connectivity index (χ0v) is 10.4. The third-order valence-corrected chi connectivity index (χ3v) is 3.47. The lowest BCUT2D eigenvalue weighted by Crippen LogP contribution is -2.20. The highest BCUT2D eigenvalue weighted by molar-refractivity contribution is 5.27. The van der Waals surface area contributed by atoms with Crippen molar-refractivity contribution in [3.05, 3.63) is 29.8 Å². The summed E-state index contributed by atoms with van der Waals surface area (Å²) in [6.07, 6.45) is 2.16. The molecule has 94 valence electrons. The van der Waals surface area contributed by atoms with Crippen molar-refractivity contribution < 1.29 is 9.84 Å². The van der Waals surface area contributed by atoms with Crippen molar-refractivity contribution in [3.8, 4) is 5.75 Å². The number of ether oxygens (including phenoxy) is 1. The maximum absolute atomic E-state index is 8.93. The maximum Gasteiger partial charge on any atom is 0.118 e. The van der Waals surface area contributed by atoms with E-state index in [-0.39, 0.29) is 0 Å². The van der Waals surface area contributed by atoms with Crippen molar-refractivity contribution in [1.82, 2.24) is 4.90 Å². The van der Waals surface area contributed by atoms with Gasteiger partial charge in [0.05, 0.1) is 7.11 Å². The highest BCUT2D eigenvalue weighted by Crippen LogP contribution is 2.21. The summed E-state index contributed by atoms with van der Waals surface area (Å²) >= 11 is 0. The number of aliphatic hydroxyl groups excluding tert-OH is 1. The number of rotatable bonds is 5. The van der Waals surface area contributed by atoms with Crippen LogP contribution in [0.15, 0.2) is 24.3 Å². The molecule has 1 saturated heterocycles. The van der Waals surface area contributed by atoms with Crippen LogP contribution in [-0.2, 0) is 6.54 Å². The Balaban J connectivity index is 1.84.